The van der Waals surface area contributed by atoms with Crippen molar-refractivity contribution >= 4 is 51.9 Å². The third-order valence-electron chi connectivity index (χ3n) is 3.15. The first-order valence-electron chi connectivity index (χ1n) is 6.87. The fourth-order valence-electron chi connectivity index (χ4n) is 2.16. The number of aromatic nitrogens is 5. The molecular formula is C15H9Cl2N5S2. The Balaban J connectivity index is 1.78. The number of benzene rings is 1. The zero-order valence-electron chi connectivity index (χ0n) is 12.3. The van der Waals surface area contributed by atoms with Crippen molar-refractivity contribution in [1.82, 2.24) is 24.8 Å². The van der Waals surface area contributed by atoms with E-state index in [1.165, 1.54) is 11.8 Å². The van der Waals surface area contributed by atoms with E-state index >= 15 is 0 Å². The van der Waals surface area contributed by atoms with E-state index in [0.29, 0.717) is 21.5 Å². The lowest BCUT2D eigenvalue weighted by Gasteiger charge is -2.03. The first-order chi connectivity index (χ1) is 11.6. The van der Waals surface area contributed by atoms with Gasteiger partial charge in [-0.2, -0.15) is 9.61 Å². The molecule has 3 heterocycles. The predicted molar refractivity (Wildman–Crippen MR) is 97.2 cm³/mol. The van der Waals surface area contributed by atoms with Crippen LogP contribution in [0, 0.1) is 6.92 Å². The third kappa shape index (κ3) is 3.12. The highest BCUT2D eigenvalue weighted by Gasteiger charge is 2.12. The lowest BCUT2D eigenvalue weighted by Crippen LogP contribution is -1.96. The molecule has 0 unspecified atom stereocenters. The highest BCUT2D eigenvalue weighted by Crippen LogP contribution is 2.30. The van der Waals surface area contributed by atoms with Gasteiger partial charge in [-0.15, -0.1) is 21.5 Å². The van der Waals surface area contributed by atoms with Crippen LogP contribution in [-0.4, -0.2) is 24.8 Å². The Morgan fingerprint density at radius 3 is 2.58 bits per heavy atom. The van der Waals surface area contributed by atoms with Crippen LogP contribution in [0.3, 0.4) is 0 Å². The van der Waals surface area contributed by atoms with Gasteiger partial charge in [0.15, 0.2) is 15.8 Å². The van der Waals surface area contributed by atoms with E-state index in [4.69, 9.17) is 23.2 Å². The fraction of sp³-hybridized carbons (Fsp3) is 0.0667. The molecule has 0 saturated carbocycles. The number of hydrogen-bond acceptors (Lipinski definition) is 6. The van der Waals surface area contributed by atoms with Gasteiger partial charge in [0.2, 0.25) is 0 Å². The van der Waals surface area contributed by atoms with Crippen LogP contribution in [0.1, 0.15) is 5.69 Å². The van der Waals surface area contributed by atoms with Gasteiger partial charge in [0.25, 0.3) is 0 Å². The summed E-state index contributed by atoms with van der Waals surface area (Å²) in [4.78, 5) is 4.44. The first kappa shape index (κ1) is 15.8. The summed E-state index contributed by atoms with van der Waals surface area (Å²) in [5.74, 6) is 0.590. The average Bonchev–Trinajstić information content (AvgIpc) is 3.12. The summed E-state index contributed by atoms with van der Waals surface area (Å²) >= 11 is 15.3. The van der Waals surface area contributed by atoms with Crippen LogP contribution < -0.4 is 0 Å². The number of aryl methyl sites for hydroxylation is 1. The monoisotopic (exact) mass is 393 g/mol. The lowest BCUT2D eigenvalue weighted by atomic mass is 10.2. The molecule has 0 amide bonds. The summed E-state index contributed by atoms with van der Waals surface area (Å²) in [6.45, 7) is 1.97. The Kier molecular flexibility index (Phi) is 4.17. The number of fused-ring (bicyclic) bond motifs is 1. The molecular weight excluding hydrogens is 385 g/mol. The molecule has 5 nitrogen and oxygen atoms in total. The Bertz CT molecular complexity index is 1020. The van der Waals surface area contributed by atoms with Gasteiger partial charge in [-0.3, -0.25) is 0 Å². The smallest absolute Gasteiger partial charge is 0.185 e. The predicted octanol–water partition coefficient (Wildman–Crippen LogP) is 5.01. The summed E-state index contributed by atoms with van der Waals surface area (Å²) in [5, 5.41) is 16.9. The number of rotatable bonds is 3. The summed E-state index contributed by atoms with van der Waals surface area (Å²) in [7, 11) is 0. The average molecular weight is 394 g/mol. The van der Waals surface area contributed by atoms with Crippen molar-refractivity contribution in [1.29, 1.82) is 0 Å². The number of halogens is 2. The van der Waals surface area contributed by atoms with Gasteiger partial charge in [-0.05, 0) is 49.0 Å². The van der Waals surface area contributed by atoms with Crippen molar-refractivity contribution < 1.29 is 0 Å². The SMILES string of the molecule is Cc1csc(Sc2ccc3nnc(-c4cc(Cl)cc(Cl)c4)n3n2)n1. The Morgan fingerprint density at radius 2 is 1.88 bits per heavy atom. The maximum absolute atomic E-state index is 6.09. The second-order valence-corrected chi connectivity index (χ2v) is 7.98. The fourth-order valence-corrected chi connectivity index (χ4v) is 4.43. The van der Waals surface area contributed by atoms with Crippen molar-refractivity contribution in [2.45, 2.75) is 16.3 Å². The van der Waals surface area contributed by atoms with Gasteiger partial charge in [0, 0.05) is 26.7 Å². The van der Waals surface area contributed by atoms with Crippen molar-refractivity contribution in [3.8, 4) is 11.4 Å². The van der Waals surface area contributed by atoms with Gasteiger partial charge in [0.1, 0.15) is 5.03 Å². The Morgan fingerprint density at radius 1 is 1.08 bits per heavy atom. The molecule has 4 rings (SSSR count). The summed E-state index contributed by atoms with van der Waals surface area (Å²) < 4.78 is 2.63. The van der Waals surface area contributed by atoms with E-state index in [0.717, 1.165) is 20.6 Å². The topological polar surface area (TPSA) is 56.0 Å². The van der Waals surface area contributed by atoms with Gasteiger partial charge < -0.3 is 0 Å². The molecule has 4 aromatic rings. The quantitative estimate of drug-likeness (QED) is 0.489. The second kappa shape index (κ2) is 6.33. The minimum absolute atomic E-state index is 0.540. The second-order valence-electron chi connectivity index (χ2n) is 4.98. The molecule has 0 radical (unpaired) electrons. The molecule has 0 N–H and O–H groups in total. The number of thiazole rings is 1. The standard InChI is InChI=1S/C15H9Cl2N5S2/c1-8-7-23-15(18-8)24-13-3-2-12-19-20-14(22(12)21-13)9-4-10(16)6-11(17)5-9/h2-7H,1H3. The van der Waals surface area contributed by atoms with Crippen LogP contribution in [0.2, 0.25) is 10.0 Å². The molecule has 0 fully saturated rings. The molecule has 0 spiro atoms. The number of nitrogens with zero attached hydrogens (tertiary/aromatic N) is 5. The minimum Gasteiger partial charge on any atom is -0.235 e. The molecule has 24 heavy (non-hydrogen) atoms. The van der Waals surface area contributed by atoms with Crippen LogP contribution in [0.5, 0.6) is 0 Å². The van der Waals surface area contributed by atoms with Gasteiger partial charge in [0.05, 0.1) is 0 Å². The minimum atomic E-state index is 0.540. The molecule has 120 valence electrons. The van der Waals surface area contributed by atoms with Crippen LogP contribution in [-0.2, 0) is 0 Å². The van der Waals surface area contributed by atoms with E-state index in [1.54, 1.807) is 34.1 Å². The highest BCUT2D eigenvalue weighted by atomic mass is 35.5. The van der Waals surface area contributed by atoms with Crippen molar-refractivity contribution in [2.75, 3.05) is 0 Å². The van der Waals surface area contributed by atoms with E-state index in [1.807, 2.05) is 24.4 Å². The zero-order valence-corrected chi connectivity index (χ0v) is 15.4. The highest BCUT2D eigenvalue weighted by molar-refractivity contribution is 8.00. The maximum Gasteiger partial charge on any atom is 0.185 e. The van der Waals surface area contributed by atoms with Crippen molar-refractivity contribution in [2.24, 2.45) is 0 Å². The van der Waals surface area contributed by atoms with E-state index in [-0.39, 0.29) is 0 Å². The molecule has 9 heteroatoms. The molecule has 0 aliphatic rings. The van der Waals surface area contributed by atoms with E-state index in [9.17, 15) is 0 Å². The summed E-state index contributed by atoms with van der Waals surface area (Å²) in [5.41, 5.74) is 2.42. The van der Waals surface area contributed by atoms with Crippen molar-refractivity contribution in [3.63, 3.8) is 0 Å². The molecule has 1 aromatic carbocycles. The molecule has 0 saturated heterocycles. The van der Waals surface area contributed by atoms with Gasteiger partial charge >= 0.3 is 0 Å². The zero-order chi connectivity index (χ0) is 16.7. The number of hydrogen-bond donors (Lipinski definition) is 0. The van der Waals surface area contributed by atoms with Crippen LogP contribution in [0.4, 0.5) is 0 Å². The lowest BCUT2D eigenvalue weighted by molar-refractivity contribution is 0.860. The van der Waals surface area contributed by atoms with Crippen molar-refractivity contribution in [3.05, 3.63) is 51.5 Å². The Hall–Kier alpha value is -1.67. The Labute approximate surface area is 155 Å². The van der Waals surface area contributed by atoms with Crippen LogP contribution in [0.25, 0.3) is 17.0 Å². The molecule has 0 aliphatic carbocycles. The first-order valence-corrected chi connectivity index (χ1v) is 9.32. The third-order valence-corrected chi connectivity index (χ3v) is 5.57. The molecule has 0 aliphatic heterocycles. The van der Waals surface area contributed by atoms with Crippen LogP contribution >= 0.6 is 46.3 Å². The molecule has 3 aromatic heterocycles. The summed E-state index contributed by atoms with van der Waals surface area (Å²) in [6, 6.07) is 9.03. The van der Waals surface area contributed by atoms with Crippen LogP contribution in [0.15, 0.2) is 45.1 Å². The van der Waals surface area contributed by atoms with E-state index in [2.05, 4.69) is 20.3 Å². The van der Waals surface area contributed by atoms with E-state index < -0.39 is 0 Å². The molecule has 0 atom stereocenters. The van der Waals surface area contributed by atoms with Gasteiger partial charge in [-0.25, -0.2) is 4.98 Å². The molecule has 0 bridgehead atoms. The summed E-state index contributed by atoms with van der Waals surface area (Å²) in [6.07, 6.45) is 0. The normalized spacial score (nSPS) is 11.3. The maximum atomic E-state index is 6.09. The van der Waals surface area contributed by atoms with Gasteiger partial charge in [-0.1, -0.05) is 23.2 Å². The largest absolute Gasteiger partial charge is 0.235 e.